The minimum Gasteiger partial charge on any atom is -0.489 e. The molecule has 2 aromatic carbocycles. The van der Waals surface area contributed by atoms with Gasteiger partial charge in [0.15, 0.2) is 11.4 Å². The molecule has 0 saturated heterocycles. The molecule has 0 unspecified atom stereocenters. The Balaban J connectivity index is 1.55. The normalized spacial score (nSPS) is 17.4. The highest BCUT2D eigenvalue weighted by Gasteiger charge is 2.38. The molecular weight excluding hydrogens is 499 g/mol. The SMILES string of the molecule is O=C1c2c(OCc3ccccc3)c(=O)ccn2N2CN1C/C=C\COc1cc(F)ccc1[C@H]2c1ccccn1. The van der Waals surface area contributed by atoms with E-state index in [1.165, 1.54) is 18.2 Å². The molecule has 2 aromatic heterocycles. The van der Waals surface area contributed by atoms with Crippen molar-refractivity contribution in [1.82, 2.24) is 14.6 Å². The Morgan fingerprint density at radius 1 is 1.00 bits per heavy atom. The van der Waals surface area contributed by atoms with Crippen LogP contribution in [-0.2, 0) is 6.61 Å². The molecule has 0 N–H and O–H groups in total. The van der Waals surface area contributed by atoms with Crippen molar-refractivity contribution in [2.24, 2.45) is 0 Å². The molecule has 39 heavy (non-hydrogen) atoms. The highest BCUT2D eigenvalue weighted by molar-refractivity contribution is 5.96. The van der Waals surface area contributed by atoms with Gasteiger partial charge in [0, 0.05) is 36.6 Å². The van der Waals surface area contributed by atoms with Crippen LogP contribution in [0.2, 0.25) is 0 Å². The summed E-state index contributed by atoms with van der Waals surface area (Å²) in [5, 5.41) is 1.91. The van der Waals surface area contributed by atoms with Gasteiger partial charge in [-0.3, -0.25) is 24.3 Å². The molecule has 0 radical (unpaired) electrons. The summed E-state index contributed by atoms with van der Waals surface area (Å²) in [4.78, 5) is 33.1. The molecule has 8 nitrogen and oxygen atoms in total. The Bertz CT molecular complexity index is 1590. The first-order valence-electron chi connectivity index (χ1n) is 12.6. The Kier molecular flexibility index (Phi) is 6.54. The molecule has 9 heteroatoms. The molecular formula is C30H25FN4O4. The predicted molar refractivity (Wildman–Crippen MR) is 143 cm³/mol. The van der Waals surface area contributed by atoms with Crippen LogP contribution < -0.4 is 19.9 Å². The van der Waals surface area contributed by atoms with Crippen molar-refractivity contribution < 1.29 is 18.7 Å². The number of carbonyl (C=O) groups excluding carboxylic acids is 1. The zero-order valence-corrected chi connectivity index (χ0v) is 20.9. The van der Waals surface area contributed by atoms with E-state index in [1.54, 1.807) is 34.1 Å². The van der Waals surface area contributed by atoms with Gasteiger partial charge in [-0.05, 0) is 35.9 Å². The van der Waals surface area contributed by atoms with Crippen LogP contribution in [0.4, 0.5) is 4.39 Å². The Hall–Kier alpha value is -4.92. The van der Waals surface area contributed by atoms with E-state index in [2.05, 4.69) is 4.98 Å². The Morgan fingerprint density at radius 3 is 2.67 bits per heavy atom. The van der Waals surface area contributed by atoms with Gasteiger partial charge in [0.2, 0.25) is 5.43 Å². The monoisotopic (exact) mass is 524 g/mol. The Morgan fingerprint density at radius 2 is 1.85 bits per heavy atom. The molecule has 2 bridgehead atoms. The van der Waals surface area contributed by atoms with E-state index in [0.29, 0.717) is 17.0 Å². The quantitative estimate of drug-likeness (QED) is 0.375. The average Bonchev–Trinajstić information content (AvgIpc) is 2.99. The largest absolute Gasteiger partial charge is 0.489 e. The van der Waals surface area contributed by atoms with Crippen molar-refractivity contribution in [3.8, 4) is 11.5 Å². The van der Waals surface area contributed by atoms with Crippen LogP contribution in [0.5, 0.6) is 11.5 Å². The van der Waals surface area contributed by atoms with Crippen molar-refractivity contribution in [2.75, 3.05) is 24.8 Å². The van der Waals surface area contributed by atoms with E-state index in [9.17, 15) is 14.0 Å². The third-order valence-corrected chi connectivity index (χ3v) is 6.71. The number of halogens is 1. The number of nitrogens with zero attached hydrogens (tertiary/aromatic N) is 4. The average molecular weight is 525 g/mol. The van der Waals surface area contributed by atoms with Gasteiger partial charge in [0.1, 0.15) is 37.5 Å². The fraction of sp³-hybridized carbons (Fsp3) is 0.167. The number of benzene rings is 2. The van der Waals surface area contributed by atoms with Gasteiger partial charge in [-0.1, -0.05) is 42.5 Å². The molecule has 6 rings (SSSR count). The van der Waals surface area contributed by atoms with Crippen LogP contribution in [0.1, 0.15) is 33.4 Å². The zero-order valence-electron chi connectivity index (χ0n) is 20.9. The summed E-state index contributed by atoms with van der Waals surface area (Å²) in [6, 6.07) is 20.2. The van der Waals surface area contributed by atoms with E-state index in [0.717, 1.165) is 5.56 Å². The number of fused-ring (bicyclic) bond motifs is 5. The van der Waals surface area contributed by atoms with Gasteiger partial charge in [0.25, 0.3) is 5.91 Å². The third kappa shape index (κ3) is 4.74. The van der Waals surface area contributed by atoms with E-state index >= 15 is 0 Å². The lowest BCUT2D eigenvalue weighted by molar-refractivity contribution is 0.0698. The smallest absolute Gasteiger partial charge is 0.278 e. The zero-order chi connectivity index (χ0) is 26.8. The van der Waals surface area contributed by atoms with E-state index in [4.69, 9.17) is 9.47 Å². The fourth-order valence-electron chi connectivity index (χ4n) is 4.87. The minimum absolute atomic E-state index is 0.0322. The lowest BCUT2D eigenvalue weighted by Gasteiger charge is -2.43. The maximum absolute atomic E-state index is 14.3. The molecule has 2 aliphatic heterocycles. The minimum atomic E-state index is -0.585. The number of ether oxygens (including phenoxy) is 2. The Labute approximate surface area is 224 Å². The second-order valence-corrected chi connectivity index (χ2v) is 9.21. The summed E-state index contributed by atoms with van der Waals surface area (Å²) in [7, 11) is 0. The van der Waals surface area contributed by atoms with Crippen molar-refractivity contribution in [3.63, 3.8) is 0 Å². The van der Waals surface area contributed by atoms with E-state index < -0.39 is 17.3 Å². The first-order valence-corrected chi connectivity index (χ1v) is 12.6. The number of carbonyl (C=O) groups is 1. The van der Waals surface area contributed by atoms with Crippen molar-refractivity contribution in [1.29, 1.82) is 0 Å². The number of pyridine rings is 2. The summed E-state index contributed by atoms with van der Waals surface area (Å²) in [6.07, 6.45) is 6.85. The lowest BCUT2D eigenvalue weighted by atomic mass is 10.0. The second-order valence-electron chi connectivity index (χ2n) is 9.21. The molecule has 4 aromatic rings. The van der Waals surface area contributed by atoms with Gasteiger partial charge in [0.05, 0.1) is 5.69 Å². The molecule has 2 aliphatic rings. The van der Waals surface area contributed by atoms with Gasteiger partial charge < -0.3 is 14.4 Å². The van der Waals surface area contributed by atoms with Crippen molar-refractivity contribution in [3.05, 3.63) is 136 Å². The fourth-order valence-corrected chi connectivity index (χ4v) is 4.87. The van der Waals surface area contributed by atoms with Crippen LogP contribution in [0, 0.1) is 5.82 Å². The van der Waals surface area contributed by atoms with Gasteiger partial charge in [-0.25, -0.2) is 4.39 Å². The van der Waals surface area contributed by atoms with Crippen LogP contribution in [-0.4, -0.2) is 40.3 Å². The van der Waals surface area contributed by atoms with Crippen LogP contribution in [0.25, 0.3) is 0 Å². The summed E-state index contributed by atoms with van der Waals surface area (Å²) in [5.41, 5.74) is 1.91. The summed E-state index contributed by atoms with van der Waals surface area (Å²) < 4.78 is 28.0. The highest BCUT2D eigenvalue weighted by Crippen LogP contribution is 2.36. The van der Waals surface area contributed by atoms with Crippen molar-refractivity contribution in [2.45, 2.75) is 12.6 Å². The third-order valence-electron chi connectivity index (χ3n) is 6.71. The molecule has 0 spiro atoms. The van der Waals surface area contributed by atoms with Gasteiger partial charge in [-0.2, -0.15) is 0 Å². The molecule has 4 heterocycles. The number of rotatable bonds is 4. The molecule has 0 saturated carbocycles. The molecule has 196 valence electrons. The standard InChI is InChI=1S/C30H25FN4O4/c31-22-11-12-23-26(18-22)38-17-7-6-15-33-20-35(27(23)24-10-4-5-14-32-24)34-16-13-25(36)29(28(34)30(33)37)39-19-21-8-2-1-3-9-21/h1-14,16,18,27H,15,17,19-20H2/b7-6-/t27-/m0/s1. The highest BCUT2D eigenvalue weighted by atomic mass is 19.1. The number of aromatic nitrogens is 2. The molecule has 1 amide bonds. The molecule has 0 fully saturated rings. The first-order chi connectivity index (χ1) is 19.1. The first kappa shape index (κ1) is 24.4. The maximum atomic E-state index is 14.3. The predicted octanol–water partition coefficient (Wildman–Crippen LogP) is 4.05. The second kappa shape index (κ2) is 10.4. The maximum Gasteiger partial charge on any atom is 0.278 e. The van der Waals surface area contributed by atoms with Crippen molar-refractivity contribution >= 4 is 5.91 Å². The van der Waals surface area contributed by atoms with Gasteiger partial charge >= 0.3 is 0 Å². The summed E-state index contributed by atoms with van der Waals surface area (Å²) in [6.45, 7) is 0.776. The molecule has 0 aliphatic carbocycles. The van der Waals surface area contributed by atoms with Crippen LogP contribution in [0.3, 0.4) is 0 Å². The van der Waals surface area contributed by atoms with Crippen LogP contribution >= 0.6 is 0 Å². The number of hydrogen-bond acceptors (Lipinski definition) is 6. The van der Waals surface area contributed by atoms with Gasteiger partial charge in [-0.15, -0.1) is 0 Å². The summed E-state index contributed by atoms with van der Waals surface area (Å²) in [5.74, 6) is -0.432. The summed E-state index contributed by atoms with van der Waals surface area (Å²) >= 11 is 0. The number of amides is 1. The topological polar surface area (TPSA) is 76.9 Å². The lowest BCUT2D eigenvalue weighted by Crippen LogP contribution is -2.55. The van der Waals surface area contributed by atoms with Crippen LogP contribution in [0.15, 0.2) is 102 Å². The van der Waals surface area contributed by atoms with E-state index in [1.807, 2.05) is 59.6 Å². The number of hydrogen-bond donors (Lipinski definition) is 0. The van der Waals surface area contributed by atoms with E-state index in [-0.39, 0.29) is 43.8 Å². The molecule has 1 atom stereocenters.